The van der Waals surface area contributed by atoms with Crippen LogP contribution < -0.4 is 11.1 Å². The van der Waals surface area contributed by atoms with Gasteiger partial charge in [0.25, 0.3) is 5.91 Å². The molecule has 98 valence electrons. The second-order valence-corrected chi connectivity index (χ2v) is 4.56. The van der Waals surface area contributed by atoms with Crippen LogP contribution >= 0.6 is 11.6 Å². The van der Waals surface area contributed by atoms with E-state index < -0.39 is 0 Å². The van der Waals surface area contributed by atoms with Crippen molar-refractivity contribution in [1.82, 2.24) is 10.3 Å². The van der Waals surface area contributed by atoms with Crippen LogP contribution in [0.25, 0.3) is 0 Å². The number of nitrogens with two attached hydrogens (primary N) is 1. The Hall–Kier alpha value is -2.07. The van der Waals surface area contributed by atoms with Crippen LogP contribution in [0.1, 0.15) is 21.6 Å². The predicted octanol–water partition coefficient (Wildman–Crippen LogP) is 2.56. The van der Waals surface area contributed by atoms with E-state index in [1.54, 1.807) is 24.4 Å². The van der Waals surface area contributed by atoms with E-state index in [4.69, 9.17) is 17.3 Å². The zero-order valence-corrected chi connectivity index (χ0v) is 11.2. The molecule has 0 bridgehead atoms. The minimum absolute atomic E-state index is 0.298. The average Bonchev–Trinajstić information content (AvgIpc) is 2.37. The zero-order valence-electron chi connectivity index (χ0n) is 10.5. The Balaban J connectivity index is 2.13. The number of anilines is 1. The van der Waals surface area contributed by atoms with Gasteiger partial charge in [0.1, 0.15) is 0 Å². The molecule has 0 fully saturated rings. The number of carbonyl (C=O) groups excluding carboxylic acids is 1. The van der Waals surface area contributed by atoms with Crippen LogP contribution in [0.15, 0.2) is 36.5 Å². The molecule has 0 spiro atoms. The van der Waals surface area contributed by atoms with Gasteiger partial charge in [0.05, 0.1) is 22.8 Å². The van der Waals surface area contributed by atoms with Gasteiger partial charge < -0.3 is 11.1 Å². The number of amides is 1. The molecule has 0 aliphatic carbocycles. The Morgan fingerprint density at radius 3 is 2.84 bits per heavy atom. The molecule has 0 aliphatic heterocycles. The summed E-state index contributed by atoms with van der Waals surface area (Å²) in [5.74, 6) is -0.298. The minimum Gasteiger partial charge on any atom is -0.398 e. The summed E-state index contributed by atoms with van der Waals surface area (Å²) in [6.45, 7) is 2.29. The van der Waals surface area contributed by atoms with Gasteiger partial charge in [-0.15, -0.1) is 0 Å². The SMILES string of the molecule is Cc1cccnc1CNC(=O)c1c(N)cccc1Cl. The molecular formula is C14H14ClN3O. The maximum Gasteiger partial charge on any atom is 0.255 e. The summed E-state index contributed by atoms with van der Waals surface area (Å²) < 4.78 is 0. The largest absolute Gasteiger partial charge is 0.398 e. The van der Waals surface area contributed by atoms with Crippen LogP contribution in [-0.4, -0.2) is 10.9 Å². The Labute approximate surface area is 116 Å². The van der Waals surface area contributed by atoms with Crippen molar-refractivity contribution in [1.29, 1.82) is 0 Å². The third-order valence-electron chi connectivity index (χ3n) is 2.81. The van der Waals surface area contributed by atoms with E-state index >= 15 is 0 Å². The van der Waals surface area contributed by atoms with E-state index in [1.165, 1.54) is 0 Å². The highest BCUT2D eigenvalue weighted by atomic mass is 35.5. The minimum atomic E-state index is -0.298. The van der Waals surface area contributed by atoms with Gasteiger partial charge in [-0.05, 0) is 30.7 Å². The fraction of sp³-hybridized carbons (Fsp3) is 0.143. The summed E-state index contributed by atoms with van der Waals surface area (Å²) in [5.41, 5.74) is 8.27. The molecule has 1 aromatic heterocycles. The normalized spacial score (nSPS) is 10.2. The van der Waals surface area contributed by atoms with Crippen LogP contribution in [0, 0.1) is 6.92 Å². The molecule has 2 rings (SSSR count). The van der Waals surface area contributed by atoms with Gasteiger partial charge in [-0.2, -0.15) is 0 Å². The summed E-state index contributed by atoms with van der Waals surface area (Å²) in [4.78, 5) is 16.3. The van der Waals surface area contributed by atoms with E-state index in [2.05, 4.69) is 10.3 Å². The molecule has 0 aliphatic rings. The maximum absolute atomic E-state index is 12.1. The third kappa shape index (κ3) is 3.03. The Morgan fingerprint density at radius 1 is 1.37 bits per heavy atom. The summed E-state index contributed by atoms with van der Waals surface area (Å²) in [6, 6.07) is 8.79. The molecule has 0 saturated heterocycles. The fourth-order valence-corrected chi connectivity index (χ4v) is 2.00. The molecule has 3 N–H and O–H groups in total. The van der Waals surface area contributed by atoms with Gasteiger partial charge in [-0.25, -0.2) is 0 Å². The van der Waals surface area contributed by atoms with Gasteiger partial charge >= 0.3 is 0 Å². The van der Waals surface area contributed by atoms with E-state index in [0.717, 1.165) is 11.3 Å². The van der Waals surface area contributed by atoms with Crippen molar-refractivity contribution < 1.29 is 4.79 Å². The van der Waals surface area contributed by atoms with Gasteiger partial charge in [-0.1, -0.05) is 23.7 Å². The first-order valence-electron chi connectivity index (χ1n) is 5.82. The van der Waals surface area contributed by atoms with E-state index in [1.807, 2.05) is 19.1 Å². The molecular weight excluding hydrogens is 262 g/mol. The molecule has 0 radical (unpaired) electrons. The lowest BCUT2D eigenvalue weighted by molar-refractivity contribution is 0.0951. The van der Waals surface area contributed by atoms with Crippen molar-refractivity contribution in [3.63, 3.8) is 0 Å². The zero-order chi connectivity index (χ0) is 13.8. The first-order chi connectivity index (χ1) is 9.09. The topological polar surface area (TPSA) is 68.0 Å². The third-order valence-corrected chi connectivity index (χ3v) is 3.12. The highest BCUT2D eigenvalue weighted by molar-refractivity contribution is 6.34. The molecule has 4 nitrogen and oxygen atoms in total. The second kappa shape index (κ2) is 5.71. The second-order valence-electron chi connectivity index (χ2n) is 4.15. The molecule has 2 aromatic rings. The van der Waals surface area contributed by atoms with E-state index in [9.17, 15) is 4.79 Å². The summed E-state index contributed by atoms with van der Waals surface area (Å²) in [7, 11) is 0. The van der Waals surface area contributed by atoms with Crippen molar-refractivity contribution in [3.05, 3.63) is 58.4 Å². The smallest absolute Gasteiger partial charge is 0.255 e. The van der Waals surface area contributed by atoms with Gasteiger partial charge in [0.2, 0.25) is 0 Å². The van der Waals surface area contributed by atoms with Gasteiger partial charge in [-0.3, -0.25) is 9.78 Å². The highest BCUT2D eigenvalue weighted by Gasteiger charge is 2.13. The lowest BCUT2D eigenvalue weighted by Gasteiger charge is -2.09. The molecule has 0 saturated carbocycles. The number of aryl methyl sites for hydroxylation is 1. The highest BCUT2D eigenvalue weighted by Crippen LogP contribution is 2.21. The number of carbonyl (C=O) groups is 1. The number of nitrogens with one attached hydrogen (secondary N) is 1. The van der Waals surface area contributed by atoms with E-state index in [0.29, 0.717) is 22.8 Å². The van der Waals surface area contributed by atoms with E-state index in [-0.39, 0.29) is 5.91 Å². The number of halogens is 1. The predicted molar refractivity (Wildman–Crippen MR) is 76.0 cm³/mol. The van der Waals surface area contributed by atoms with Gasteiger partial charge in [0, 0.05) is 11.9 Å². The summed E-state index contributed by atoms with van der Waals surface area (Å²) >= 11 is 5.98. The number of nitrogens with zero attached hydrogens (tertiary/aromatic N) is 1. The maximum atomic E-state index is 12.1. The average molecular weight is 276 g/mol. The molecule has 1 aromatic carbocycles. The Morgan fingerprint density at radius 2 is 2.16 bits per heavy atom. The number of rotatable bonds is 3. The van der Waals surface area contributed by atoms with Crippen molar-refractivity contribution >= 4 is 23.2 Å². The number of pyridine rings is 1. The van der Waals surface area contributed by atoms with Crippen LogP contribution in [0.2, 0.25) is 5.02 Å². The molecule has 5 heteroatoms. The lowest BCUT2D eigenvalue weighted by atomic mass is 10.1. The number of hydrogen-bond donors (Lipinski definition) is 2. The number of hydrogen-bond acceptors (Lipinski definition) is 3. The van der Waals surface area contributed by atoms with Crippen molar-refractivity contribution in [2.75, 3.05) is 5.73 Å². The monoisotopic (exact) mass is 275 g/mol. The van der Waals surface area contributed by atoms with Crippen LogP contribution in [0.5, 0.6) is 0 Å². The molecule has 19 heavy (non-hydrogen) atoms. The Kier molecular flexibility index (Phi) is 4.02. The molecule has 0 unspecified atom stereocenters. The molecule has 0 atom stereocenters. The van der Waals surface area contributed by atoms with Crippen molar-refractivity contribution in [3.8, 4) is 0 Å². The molecule has 1 heterocycles. The summed E-state index contributed by atoms with van der Waals surface area (Å²) in [6.07, 6.45) is 1.69. The van der Waals surface area contributed by atoms with Crippen molar-refractivity contribution in [2.45, 2.75) is 13.5 Å². The Bertz CT molecular complexity index is 593. The first kappa shape index (κ1) is 13.4. The van der Waals surface area contributed by atoms with Crippen LogP contribution in [-0.2, 0) is 6.54 Å². The number of nitrogen functional groups attached to an aromatic ring is 1. The lowest BCUT2D eigenvalue weighted by Crippen LogP contribution is -2.25. The van der Waals surface area contributed by atoms with Crippen LogP contribution in [0.3, 0.4) is 0 Å². The first-order valence-corrected chi connectivity index (χ1v) is 6.20. The van der Waals surface area contributed by atoms with Crippen LogP contribution in [0.4, 0.5) is 5.69 Å². The van der Waals surface area contributed by atoms with Gasteiger partial charge in [0.15, 0.2) is 0 Å². The number of benzene rings is 1. The van der Waals surface area contributed by atoms with Crippen molar-refractivity contribution in [2.24, 2.45) is 0 Å². The quantitative estimate of drug-likeness (QED) is 0.846. The summed E-state index contributed by atoms with van der Waals surface area (Å²) in [5, 5.41) is 3.11. The fourth-order valence-electron chi connectivity index (χ4n) is 1.74. The number of aromatic nitrogens is 1. The standard InChI is InChI=1S/C14H14ClN3O/c1-9-4-3-7-17-12(9)8-18-14(19)13-10(15)5-2-6-11(13)16/h2-7H,8,16H2,1H3,(H,18,19). The molecule has 1 amide bonds.